The minimum Gasteiger partial charge on any atom is -0.399 e. The third kappa shape index (κ3) is 1.91. The molecule has 0 spiro atoms. The minimum atomic E-state index is 0.0618. The van der Waals surface area contributed by atoms with Crippen molar-refractivity contribution < 1.29 is 4.79 Å². The van der Waals surface area contributed by atoms with E-state index in [4.69, 9.17) is 5.73 Å². The molecule has 0 aliphatic carbocycles. The lowest BCUT2D eigenvalue weighted by molar-refractivity contribution is -0.131. The molecule has 0 saturated carbocycles. The van der Waals surface area contributed by atoms with Crippen molar-refractivity contribution in [3.63, 3.8) is 0 Å². The Morgan fingerprint density at radius 1 is 1.38 bits per heavy atom. The smallest absolute Gasteiger partial charge is 0.243 e. The topological polar surface area (TPSA) is 58.7 Å². The Bertz CT molecular complexity index is 436. The number of amides is 1. The molecule has 1 heterocycles. The monoisotopic (exact) mass is 217 g/mol. The molecule has 2 rings (SSSR count). The summed E-state index contributed by atoms with van der Waals surface area (Å²) in [6.45, 7) is 2.01. The quantitative estimate of drug-likeness (QED) is 0.724. The lowest BCUT2D eigenvalue weighted by Gasteiger charge is -2.24. The molecule has 1 aliphatic heterocycles. The summed E-state index contributed by atoms with van der Waals surface area (Å²) in [5, 5.41) is 5.71. The van der Waals surface area contributed by atoms with E-state index < -0.39 is 0 Å². The van der Waals surface area contributed by atoms with Crippen molar-refractivity contribution in [2.45, 2.75) is 13.3 Å². The second kappa shape index (κ2) is 3.96. The van der Waals surface area contributed by atoms with Crippen LogP contribution in [0.3, 0.4) is 0 Å². The highest BCUT2D eigenvalue weighted by Crippen LogP contribution is 2.20. The van der Waals surface area contributed by atoms with Crippen LogP contribution in [0.25, 0.3) is 0 Å². The summed E-state index contributed by atoms with van der Waals surface area (Å²) in [6, 6.07) is 7.57. The highest BCUT2D eigenvalue weighted by molar-refractivity contribution is 6.05. The van der Waals surface area contributed by atoms with Gasteiger partial charge in [-0.2, -0.15) is 5.10 Å². The maximum Gasteiger partial charge on any atom is 0.243 e. The Morgan fingerprint density at radius 2 is 2.00 bits per heavy atom. The fourth-order valence-electron chi connectivity index (χ4n) is 1.80. The van der Waals surface area contributed by atoms with Crippen molar-refractivity contribution in [1.82, 2.24) is 5.01 Å². The minimum absolute atomic E-state index is 0.0618. The van der Waals surface area contributed by atoms with Gasteiger partial charge in [-0.15, -0.1) is 0 Å². The standard InChI is InChI=1S/C12H15N3O/c1-8-7-11(16)15(2)14-12(8)9-3-5-10(13)6-4-9/h3-6,8H,7,13H2,1-2H3/t8-/m0/s1. The summed E-state index contributed by atoms with van der Waals surface area (Å²) in [5.74, 6) is 0.221. The van der Waals surface area contributed by atoms with Gasteiger partial charge in [-0.1, -0.05) is 19.1 Å². The molecule has 1 aliphatic rings. The summed E-state index contributed by atoms with van der Waals surface area (Å²) in [6.07, 6.45) is 0.514. The highest BCUT2D eigenvalue weighted by atomic mass is 16.2. The second-order valence-electron chi connectivity index (χ2n) is 4.13. The summed E-state index contributed by atoms with van der Waals surface area (Å²) in [7, 11) is 1.69. The van der Waals surface area contributed by atoms with Crippen LogP contribution >= 0.6 is 0 Å². The molecule has 1 amide bonds. The Morgan fingerprint density at radius 3 is 2.62 bits per heavy atom. The van der Waals surface area contributed by atoms with Crippen LogP contribution in [0.5, 0.6) is 0 Å². The van der Waals surface area contributed by atoms with Gasteiger partial charge in [-0.05, 0) is 17.7 Å². The third-order valence-electron chi connectivity index (χ3n) is 2.77. The fraction of sp³-hybridized carbons (Fsp3) is 0.333. The zero-order chi connectivity index (χ0) is 11.7. The van der Waals surface area contributed by atoms with E-state index in [0.29, 0.717) is 6.42 Å². The zero-order valence-electron chi connectivity index (χ0n) is 9.47. The molecular formula is C12H15N3O. The number of carbonyl (C=O) groups excluding carboxylic acids is 1. The maximum absolute atomic E-state index is 11.4. The molecule has 1 atom stereocenters. The SMILES string of the molecule is C[C@H]1CC(=O)N(C)N=C1c1ccc(N)cc1. The predicted octanol–water partition coefficient (Wildman–Crippen LogP) is 1.47. The van der Waals surface area contributed by atoms with Gasteiger partial charge in [0.2, 0.25) is 5.91 Å². The van der Waals surface area contributed by atoms with Crippen molar-refractivity contribution in [1.29, 1.82) is 0 Å². The molecule has 16 heavy (non-hydrogen) atoms. The number of nitrogen functional groups attached to an aromatic ring is 1. The summed E-state index contributed by atoms with van der Waals surface area (Å²) < 4.78 is 0. The van der Waals surface area contributed by atoms with Crippen molar-refractivity contribution in [3.05, 3.63) is 29.8 Å². The number of hydrogen-bond donors (Lipinski definition) is 1. The van der Waals surface area contributed by atoms with E-state index in [2.05, 4.69) is 5.10 Å². The molecule has 84 valence electrons. The second-order valence-corrected chi connectivity index (χ2v) is 4.13. The molecule has 4 nitrogen and oxygen atoms in total. The Kier molecular flexibility index (Phi) is 2.64. The van der Waals surface area contributed by atoms with Crippen LogP contribution in [0.15, 0.2) is 29.4 Å². The Labute approximate surface area is 94.7 Å². The van der Waals surface area contributed by atoms with E-state index in [1.54, 1.807) is 7.05 Å². The molecular weight excluding hydrogens is 202 g/mol. The van der Waals surface area contributed by atoms with Gasteiger partial charge in [-0.25, -0.2) is 5.01 Å². The van der Waals surface area contributed by atoms with Gasteiger partial charge in [0.25, 0.3) is 0 Å². The van der Waals surface area contributed by atoms with Crippen LogP contribution in [0.2, 0.25) is 0 Å². The highest BCUT2D eigenvalue weighted by Gasteiger charge is 2.24. The van der Waals surface area contributed by atoms with E-state index in [0.717, 1.165) is 17.0 Å². The van der Waals surface area contributed by atoms with Crippen LogP contribution in [0.1, 0.15) is 18.9 Å². The summed E-state index contributed by atoms with van der Waals surface area (Å²) in [5.41, 5.74) is 8.34. The average molecular weight is 217 g/mol. The lowest BCUT2D eigenvalue weighted by atomic mass is 9.94. The van der Waals surface area contributed by atoms with Gasteiger partial charge in [0.15, 0.2) is 0 Å². The number of benzene rings is 1. The largest absolute Gasteiger partial charge is 0.399 e. The van der Waals surface area contributed by atoms with E-state index in [1.165, 1.54) is 5.01 Å². The van der Waals surface area contributed by atoms with E-state index in [-0.39, 0.29) is 11.8 Å². The van der Waals surface area contributed by atoms with Crippen LogP contribution < -0.4 is 5.73 Å². The van der Waals surface area contributed by atoms with Gasteiger partial charge in [-0.3, -0.25) is 4.79 Å². The molecule has 4 heteroatoms. The molecule has 0 radical (unpaired) electrons. The van der Waals surface area contributed by atoms with Crippen LogP contribution in [0, 0.1) is 5.92 Å². The molecule has 0 bridgehead atoms. The number of nitrogens with zero attached hydrogens (tertiary/aromatic N) is 2. The summed E-state index contributed by atoms with van der Waals surface area (Å²) >= 11 is 0. The van der Waals surface area contributed by atoms with E-state index >= 15 is 0 Å². The molecule has 0 fully saturated rings. The predicted molar refractivity (Wildman–Crippen MR) is 63.9 cm³/mol. The van der Waals surface area contributed by atoms with Crippen molar-refractivity contribution in [2.24, 2.45) is 11.0 Å². The first-order chi connectivity index (χ1) is 7.58. The number of rotatable bonds is 1. The number of hydrazone groups is 1. The molecule has 0 unspecified atom stereocenters. The first kappa shape index (κ1) is 10.7. The molecule has 0 saturated heterocycles. The van der Waals surface area contributed by atoms with Gasteiger partial charge in [0.05, 0.1) is 5.71 Å². The Balaban J connectivity index is 2.36. The molecule has 1 aromatic rings. The number of carbonyl (C=O) groups is 1. The van der Waals surface area contributed by atoms with Crippen molar-refractivity contribution in [2.75, 3.05) is 12.8 Å². The van der Waals surface area contributed by atoms with E-state index in [9.17, 15) is 4.79 Å². The first-order valence-corrected chi connectivity index (χ1v) is 5.29. The van der Waals surface area contributed by atoms with Crippen molar-refractivity contribution >= 4 is 17.3 Å². The lowest BCUT2D eigenvalue weighted by Crippen LogP contribution is -2.33. The number of anilines is 1. The fourth-order valence-corrected chi connectivity index (χ4v) is 1.80. The van der Waals surface area contributed by atoms with Crippen LogP contribution in [-0.4, -0.2) is 23.7 Å². The average Bonchev–Trinajstić information content (AvgIpc) is 2.25. The van der Waals surface area contributed by atoms with Gasteiger partial charge in [0.1, 0.15) is 0 Å². The summed E-state index contributed by atoms with van der Waals surface area (Å²) in [4.78, 5) is 11.4. The molecule has 2 N–H and O–H groups in total. The Hall–Kier alpha value is -1.84. The van der Waals surface area contributed by atoms with E-state index in [1.807, 2.05) is 31.2 Å². The zero-order valence-corrected chi connectivity index (χ0v) is 9.47. The number of nitrogens with two attached hydrogens (primary N) is 1. The molecule has 0 aromatic heterocycles. The van der Waals surface area contributed by atoms with Gasteiger partial charge in [0, 0.05) is 25.1 Å². The van der Waals surface area contributed by atoms with Gasteiger partial charge >= 0.3 is 0 Å². The van der Waals surface area contributed by atoms with Gasteiger partial charge < -0.3 is 5.73 Å². The number of hydrogen-bond acceptors (Lipinski definition) is 3. The first-order valence-electron chi connectivity index (χ1n) is 5.29. The molecule has 1 aromatic carbocycles. The normalized spacial score (nSPS) is 20.9. The maximum atomic E-state index is 11.4. The third-order valence-corrected chi connectivity index (χ3v) is 2.77. The van der Waals surface area contributed by atoms with Crippen LogP contribution in [-0.2, 0) is 4.79 Å². The van der Waals surface area contributed by atoms with Crippen LogP contribution in [0.4, 0.5) is 5.69 Å². The van der Waals surface area contributed by atoms with Crippen molar-refractivity contribution in [3.8, 4) is 0 Å².